The summed E-state index contributed by atoms with van der Waals surface area (Å²) in [5, 5.41) is 0.518. The number of hydrogen-bond acceptors (Lipinski definition) is 7. The third-order valence-electron chi connectivity index (χ3n) is 4.78. The number of methoxy groups -OCH3 is 1. The van der Waals surface area contributed by atoms with Crippen molar-refractivity contribution in [2.75, 3.05) is 25.1 Å². The minimum Gasteiger partial charge on any atom is -0.489 e. The molecule has 4 heterocycles. The Morgan fingerprint density at radius 2 is 2.04 bits per heavy atom. The molecule has 0 aromatic carbocycles. The highest BCUT2D eigenvalue weighted by Crippen LogP contribution is 2.26. The Morgan fingerprint density at radius 3 is 2.74 bits per heavy atom. The molecule has 0 aliphatic carbocycles. The largest absolute Gasteiger partial charge is 0.489 e. The highest BCUT2D eigenvalue weighted by atomic mass is 16.5. The fraction of sp³-hybridized carbons (Fsp3) is 0.350. The third-order valence-corrected chi connectivity index (χ3v) is 4.78. The number of nitrogens with zero attached hydrogens (tertiary/aromatic N) is 3. The molecule has 0 atom stereocenters. The molecule has 27 heavy (non-hydrogen) atoms. The van der Waals surface area contributed by atoms with E-state index in [9.17, 15) is 4.79 Å². The molecule has 0 bridgehead atoms. The molecule has 7 heteroatoms. The SMILES string of the molecule is COc1ccc(OC2CCN(c3nc4occc(=O)c4cc3C)CC2)cn1. The summed E-state index contributed by atoms with van der Waals surface area (Å²) in [6, 6.07) is 6.94. The van der Waals surface area contributed by atoms with Gasteiger partial charge in [0.1, 0.15) is 17.7 Å². The lowest BCUT2D eigenvalue weighted by atomic mass is 10.1. The molecule has 7 nitrogen and oxygen atoms in total. The number of fused-ring (bicyclic) bond motifs is 1. The van der Waals surface area contributed by atoms with Gasteiger partial charge in [0.05, 0.1) is 25.0 Å². The highest BCUT2D eigenvalue weighted by molar-refractivity contribution is 5.76. The van der Waals surface area contributed by atoms with E-state index < -0.39 is 0 Å². The van der Waals surface area contributed by atoms with Crippen LogP contribution in [-0.2, 0) is 0 Å². The van der Waals surface area contributed by atoms with Crippen molar-refractivity contribution >= 4 is 16.9 Å². The van der Waals surface area contributed by atoms with Gasteiger partial charge in [-0.15, -0.1) is 0 Å². The number of piperidine rings is 1. The van der Waals surface area contributed by atoms with Gasteiger partial charge in [-0.25, -0.2) is 4.98 Å². The summed E-state index contributed by atoms with van der Waals surface area (Å²) in [4.78, 5) is 22.9. The lowest BCUT2D eigenvalue weighted by Gasteiger charge is -2.33. The Balaban J connectivity index is 1.45. The van der Waals surface area contributed by atoms with Gasteiger partial charge in [-0.3, -0.25) is 4.79 Å². The second-order valence-corrected chi connectivity index (χ2v) is 6.61. The monoisotopic (exact) mass is 367 g/mol. The molecule has 0 N–H and O–H groups in total. The topological polar surface area (TPSA) is 77.7 Å². The van der Waals surface area contributed by atoms with Crippen molar-refractivity contribution in [1.82, 2.24) is 9.97 Å². The highest BCUT2D eigenvalue weighted by Gasteiger charge is 2.23. The molecule has 3 aromatic rings. The van der Waals surface area contributed by atoms with Gasteiger partial charge < -0.3 is 18.8 Å². The second-order valence-electron chi connectivity index (χ2n) is 6.61. The number of aromatic nitrogens is 2. The van der Waals surface area contributed by atoms with Gasteiger partial charge in [0.25, 0.3) is 0 Å². The maximum absolute atomic E-state index is 11.9. The average Bonchev–Trinajstić information content (AvgIpc) is 2.70. The van der Waals surface area contributed by atoms with Crippen LogP contribution in [0.25, 0.3) is 11.1 Å². The van der Waals surface area contributed by atoms with Gasteiger partial charge in [-0.05, 0) is 24.6 Å². The van der Waals surface area contributed by atoms with Crippen molar-refractivity contribution in [2.45, 2.75) is 25.9 Å². The van der Waals surface area contributed by atoms with Gasteiger partial charge >= 0.3 is 0 Å². The molecule has 140 valence electrons. The molecule has 1 aliphatic rings. The zero-order valence-electron chi connectivity index (χ0n) is 15.3. The van der Waals surface area contributed by atoms with Crippen LogP contribution in [0.4, 0.5) is 5.82 Å². The normalized spacial score (nSPS) is 15.1. The van der Waals surface area contributed by atoms with Gasteiger partial charge in [0.2, 0.25) is 11.6 Å². The number of rotatable bonds is 4. The van der Waals surface area contributed by atoms with Crippen LogP contribution >= 0.6 is 0 Å². The van der Waals surface area contributed by atoms with E-state index >= 15 is 0 Å². The smallest absolute Gasteiger partial charge is 0.231 e. The van der Waals surface area contributed by atoms with Crippen LogP contribution in [0.1, 0.15) is 18.4 Å². The van der Waals surface area contributed by atoms with Crippen LogP contribution in [0, 0.1) is 6.92 Å². The van der Waals surface area contributed by atoms with Crippen molar-refractivity contribution in [1.29, 1.82) is 0 Å². The quantitative estimate of drug-likeness (QED) is 0.701. The van der Waals surface area contributed by atoms with Crippen LogP contribution in [-0.4, -0.2) is 36.3 Å². The number of anilines is 1. The maximum atomic E-state index is 11.9. The van der Waals surface area contributed by atoms with Crippen molar-refractivity contribution in [3.63, 3.8) is 0 Å². The first kappa shape index (κ1) is 17.3. The van der Waals surface area contributed by atoms with E-state index in [1.165, 1.54) is 12.3 Å². The zero-order chi connectivity index (χ0) is 18.8. The third kappa shape index (κ3) is 3.58. The molecule has 0 spiro atoms. The summed E-state index contributed by atoms with van der Waals surface area (Å²) in [5.74, 6) is 2.18. The predicted octanol–water partition coefficient (Wildman–Crippen LogP) is 2.95. The summed E-state index contributed by atoms with van der Waals surface area (Å²) in [6.07, 6.45) is 4.96. The predicted molar refractivity (Wildman–Crippen MR) is 102 cm³/mol. The fourth-order valence-corrected chi connectivity index (χ4v) is 3.36. The van der Waals surface area contributed by atoms with Crippen LogP contribution in [0.2, 0.25) is 0 Å². The van der Waals surface area contributed by atoms with Crippen LogP contribution in [0.15, 0.2) is 45.9 Å². The summed E-state index contributed by atoms with van der Waals surface area (Å²) in [7, 11) is 1.59. The molecule has 1 aliphatic heterocycles. The molecule has 1 saturated heterocycles. The number of pyridine rings is 2. The van der Waals surface area contributed by atoms with E-state index in [2.05, 4.69) is 14.9 Å². The first-order valence-electron chi connectivity index (χ1n) is 8.95. The maximum Gasteiger partial charge on any atom is 0.231 e. The van der Waals surface area contributed by atoms with Gasteiger partial charge in [0, 0.05) is 38.1 Å². The van der Waals surface area contributed by atoms with E-state index in [0.717, 1.165) is 43.1 Å². The van der Waals surface area contributed by atoms with E-state index in [-0.39, 0.29) is 11.5 Å². The molecule has 0 saturated carbocycles. The van der Waals surface area contributed by atoms with Gasteiger partial charge in [-0.1, -0.05) is 0 Å². The number of hydrogen-bond donors (Lipinski definition) is 0. The summed E-state index contributed by atoms with van der Waals surface area (Å²) >= 11 is 0. The van der Waals surface area contributed by atoms with Crippen molar-refractivity contribution in [3.05, 3.63) is 52.5 Å². The standard InChI is InChI=1S/C20H21N3O4/c1-13-11-16-17(24)7-10-26-20(16)22-19(13)23-8-5-14(6-9-23)27-15-3-4-18(25-2)21-12-15/h3-4,7,10-12,14H,5-6,8-9H2,1-2H3. The Kier molecular flexibility index (Phi) is 4.66. The summed E-state index contributed by atoms with van der Waals surface area (Å²) in [5.41, 5.74) is 1.28. The number of aryl methyl sites for hydroxylation is 1. The lowest BCUT2D eigenvalue weighted by Crippen LogP contribution is -2.39. The molecule has 0 radical (unpaired) electrons. The van der Waals surface area contributed by atoms with Gasteiger partial charge in [-0.2, -0.15) is 4.98 Å². The van der Waals surface area contributed by atoms with E-state index in [1.54, 1.807) is 19.4 Å². The molecule has 4 rings (SSSR count). The fourth-order valence-electron chi connectivity index (χ4n) is 3.36. The van der Waals surface area contributed by atoms with Crippen molar-refractivity contribution in [2.24, 2.45) is 0 Å². The molecule has 1 fully saturated rings. The van der Waals surface area contributed by atoms with E-state index in [1.807, 2.05) is 19.1 Å². The minimum atomic E-state index is -0.0707. The Labute approximate surface area is 156 Å². The van der Waals surface area contributed by atoms with Gasteiger partial charge in [0.15, 0.2) is 5.43 Å². The molecular formula is C20H21N3O4. The van der Waals surface area contributed by atoms with Crippen LogP contribution < -0.4 is 19.8 Å². The van der Waals surface area contributed by atoms with E-state index in [4.69, 9.17) is 13.9 Å². The molecule has 0 unspecified atom stereocenters. The molecule has 0 amide bonds. The number of ether oxygens (including phenoxy) is 2. The molecule has 3 aromatic heterocycles. The van der Waals surface area contributed by atoms with Crippen molar-refractivity contribution < 1.29 is 13.9 Å². The average molecular weight is 367 g/mol. The Hall–Kier alpha value is -3.09. The van der Waals surface area contributed by atoms with E-state index in [0.29, 0.717) is 17.0 Å². The van der Waals surface area contributed by atoms with Crippen LogP contribution in [0.3, 0.4) is 0 Å². The Morgan fingerprint density at radius 1 is 1.22 bits per heavy atom. The summed E-state index contributed by atoms with van der Waals surface area (Å²) in [6.45, 7) is 3.62. The Bertz CT molecular complexity index is 992. The van der Waals surface area contributed by atoms with Crippen molar-refractivity contribution in [3.8, 4) is 11.6 Å². The lowest BCUT2D eigenvalue weighted by molar-refractivity contribution is 0.170. The second kappa shape index (κ2) is 7.26. The molecular weight excluding hydrogens is 346 g/mol. The first-order chi connectivity index (χ1) is 13.1. The summed E-state index contributed by atoms with van der Waals surface area (Å²) < 4.78 is 16.5. The first-order valence-corrected chi connectivity index (χ1v) is 8.95. The van der Waals surface area contributed by atoms with Crippen LogP contribution in [0.5, 0.6) is 11.6 Å². The minimum absolute atomic E-state index is 0.0707. The zero-order valence-corrected chi connectivity index (χ0v) is 15.3.